The summed E-state index contributed by atoms with van der Waals surface area (Å²) in [5.41, 5.74) is 0.908. The quantitative estimate of drug-likeness (QED) is 0.357. The summed E-state index contributed by atoms with van der Waals surface area (Å²) in [4.78, 5) is 12.5. The number of carbonyl (C=O) groups is 1. The van der Waals surface area contributed by atoms with Gasteiger partial charge in [-0.2, -0.15) is 5.26 Å². The minimum atomic E-state index is -0.572. The van der Waals surface area contributed by atoms with Gasteiger partial charge in [0.25, 0.3) is 5.91 Å². The van der Waals surface area contributed by atoms with Gasteiger partial charge in [-0.1, -0.05) is 29.7 Å². The van der Waals surface area contributed by atoms with Crippen molar-refractivity contribution in [2.24, 2.45) is 0 Å². The zero-order chi connectivity index (χ0) is 20.5. The molecule has 0 aliphatic rings. The Morgan fingerprint density at radius 2 is 2.11 bits per heavy atom. The molecule has 0 saturated heterocycles. The van der Waals surface area contributed by atoms with Crippen LogP contribution in [0.2, 0.25) is 5.02 Å². The van der Waals surface area contributed by atoms with E-state index >= 15 is 0 Å². The SMILES string of the molecule is C#CCOc1c(Br)cc(/C=C(\C#N)C(=O)Nc2ccccc2Cl)cc1OCC. The van der Waals surface area contributed by atoms with E-state index < -0.39 is 5.91 Å². The van der Waals surface area contributed by atoms with Gasteiger partial charge in [-0.05, 0) is 58.8 Å². The van der Waals surface area contributed by atoms with E-state index in [4.69, 9.17) is 27.5 Å². The zero-order valence-corrected chi connectivity index (χ0v) is 17.3. The zero-order valence-electron chi connectivity index (χ0n) is 15.0. The first-order chi connectivity index (χ1) is 13.5. The molecule has 0 saturated carbocycles. The van der Waals surface area contributed by atoms with Crippen molar-refractivity contribution in [3.63, 3.8) is 0 Å². The molecule has 0 spiro atoms. The molecule has 1 N–H and O–H groups in total. The predicted molar refractivity (Wildman–Crippen MR) is 113 cm³/mol. The second-order valence-electron chi connectivity index (χ2n) is 5.36. The normalized spacial score (nSPS) is 10.5. The van der Waals surface area contributed by atoms with Gasteiger partial charge < -0.3 is 14.8 Å². The lowest BCUT2D eigenvalue weighted by atomic mass is 10.1. The van der Waals surface area contributed by atoms with Crippen molar-refractivity contribution in [3.8, 4) is 29.9 Å². The van der Waals surface area contributed by atoms with Gasteiger partial charge in [0.05, 0.1) is 21.8 Å². The summed E-state index contributed by atoms with van der Waals surface area (Å²) in [6.07, 6.45) is 6.69. The molecule has 5 nitrogen and oxygen atoms in total. The third-order valence-corrected chi connectivity index (χ3v) is 4.35. The summed E-state index contributed by atoms with van der Waals surface area (Å²) in [5, 5.41) is 12.4. The summed E-state index contributed by atoms with van der Waals surface area (Å²) in [6.45, 7) is 2.32. The largest absolute Gasteiger partial charge is 0.490 e. The Morgan fingerprint density at radius 3 is 2.75 bits per heavy atom. The first kappa shape index (κ1) is 21.4. The lowest BCUT2D eigenvalue weighted by Gasteiger charge is -2.13. The molecule has 0 aliphatic carbocycles. The smallest absolute Gasteiger partial charge is 0.266 e. The van der Waals surface area contributed by atoms with Crippen molar-refractivity contribution >= 4 is 45.2 Å². The van der Waals surface area contributed by atoms with E-state index in [0.29, 0.717) is 38.9 Å². The highest BCUT2D eigenvalue weighted by Gasteiger charge is 2.15. The van der Waals surface area contributed by atoms with Gasteiger partial charge in [-0.3, -0.25) is 4.79 Å². The number of rotatable bonds is 7. The van der Waals surface area contributed by atoms with Crippen LogP contribution in [0, 0.1) is 23.7 Å². The second kappa shape index (κ2) is 10.4. The maximum atomic E-state index is 12.5. The number of para-hydroxylation sites is 1. The van der Waals surface area contributed by atoms with Crippen LogP contribution >= 0.6 is 27.5 Å². The van der Waals surface area contributed by atoms with E-state index in [9.17, 15) is 10.1 Å². The van der Waals surface area contributed by atoms with Crippen molar-refractivity contribution in [2.75, 3.05) is 18.5 Å². The van der Waals surface area contributed by atoms with Crippen molar-refractivity contribution in [3.05, 3.63) is 57.0 Å². The molecule has 28 heavy (non-hydrogen) atoms. The molecule has 0 aliphatic heterocycles. The number of hydrogen-bond acceptors (Lipinski definition) is 4. The molecule has 0 atom stereocenters. The van der Waals surface area contributed by atoms with Crippen LogP contribution in [0.25, 0.3) is 6.08 Å². The topological polar surface area (TPSA) is 71.3 Å². The number of nitriles is 1. The summed E-state index contributed by atoms with van der Waals surface area (Å²) in [7, 11) is 0. The molecule has 142 valence electrons. The fourth-order valence-corrected chi connectivity index (χ4v) is 3.01. The number of halogens is 2. The third-order valence-electron chi connectivity index (χ3n) is 3.43. The van der Waals surface area contributed by atoms with Gasteiger partial charge in [0.15, 0.2) is 11.5 Å². The van der Waals surface area contributed by atoms with Crippen LogP contribution in [0.3, 0.4) is 0 Å². The molecule has 0 radical (unpaired) electrons. The fraction of sp³-hybridized carbons (Fsp3) is 0.143. The van der Waals surface area contributed by atoms with Crippen molar-refractivity contribution < 1.29 is 14.3 Å². The van der Waals surface area contributed by atoms with Crippen LogP contribution < -0.4 is 14.8 Å². The number of nitrogens with one attached hydrogen (secondary N) is 1. The molecule has 7 heteroatoms. The van der Waals surface area contributed by atoms with Crippen LogP contribution in [0.1, 0.15) is 12.5 Å². The summed E-state index contributed by atoms with van der Waals surface area (Å²) < 4.78 is 11.7. The van der Waals surface area contributed by atoms with E-state index in [0.717, 1.165) is 0 Å². The van der Waals surface area contributed by atoms with E-state index in [-0.39, 0.29) is 12.2 Å². The molecule has 0 aromatic heterocycles. The predicted octanol–water partition coefficient (Wildman–Crippen LogP) is 5.06. The Balaban J connectivity index is 2.35. The number of benzene rings is 2. The van der Waals surface area contributed by atoms with Gasteiger partial charge in [-0.25, -0.2) is 0 Å². The molecular formula is C21H16BrClN2O3. The molecule has 0 unspecified atom stereocenters. The van der Waals surface area contributed by atoms with E-state index in [1.807, 2.05) is 13.0 Å². The van der Waals surface area contributed by atoms with Crippen LogP contribution in [-0.2, 0) is 4.79 Å². The van der Waals surface area contributed by atoms with E-state index in [1.165, 1.54) is 6.08 Å². The van der Waals surface area contributed by atoms with Gasteiger partial charge >= 0.3 is 0 Å². The number of ether oxygens (including phenoxy) is 2. The Morgan fingerprint density at radius 1 is 1.36 bits per heavy atom. The lowest BCUT2D eigenvalue weighted by molar-refractivity contribution is -0.112. The van der Waals surface area contributed by atoms with Gasteiger partial charge in [0.1, 0.15) is 18.2 Å². The van der Waals surface area contributed by atoms with Crippen LogP contribution in [0.5, 0.6) is 11.5 Å². The molecular weight excluding hydrogens is 444 g/mol. The molecule has 2 rings (SSSR count). The van der Waals surface area contributed by atoms with E-state index in [1.54, 1.807) is 36.4 Å². The number of nitrogens with zero attached hydrogens (tertiary/aromatic N) is 1. The van der Waals surface area contributed by atoms with Gasteiger partial charge in [0.2, 0.25) is 0 Å². The highest BCUT2D eigenvalue weighted by molar-refractivity contribution is 9.10. The van der Waals surface area contributed by atoms with Gasteiger partial charge in [0, 0.05) is 0 Å². The average molecular weight is 460 g/mol. The fourth-order valence-electron chi connectivity index (χ4n) is 2.26. The minimum absolute atomic E-state index is 0.0809. The number of hydrogen-bond donors (Lipinski definition) is 1. The molecule has 0 fully saturated rings. The molecule has 0 bridgehead atoms. The van der Waals surface area contributed by atoms with Crippen molar-refractivity contribution in [2.45, 2.75) is 6.92 Å². The monoisotopic (exact) mass is 458 g/mol. The maximum Gasteiger partial charge on any atom is 0.266 e. The van der Waals surface area contributed by atoms with Crippen LogP contribution in [0.15, 0.2) is 46.4 Å². The number of amides is 1. The third kappa shape index (κ3) is 5.53. The Kier molecular flexibility index (Phi) is 7.95. The first-order valence-electron chi connectivity index (χ1n) is 8.20. The number of anilines is 1. The Bertz CT molecular complexity index is 990. The second-order valence-corrected chi connectivity index (χ2v) is 6.62. The van der Waals surface area contributed by atoms with Crippen molar-refractivity contribution in [1.29, 1.82) is 5.26 Å². The standard InChI is InChI=1S/C21H16BrClN2O3/c1-3-9-28-20-16(22)11-14(12-19(20)27-4-2)10-15(13-24)21(26)25-18-8-6-5-7-17(18)23/h1,5-8,10-12H,4,9H2,2H3,(H,25,26)/b15-10+. The highest BCUT2D eigenvalue weighted by atomic mass is 79.9. The molecule has 2 aromatic carbocycles. The van der Waals surface area contributed by atoms with E-state index in [2.05, 4.69) is 27.2 Å². The lowest BCUT2D eigenvalue weighted by Crippen LogP contribution is -2.13. The average Bonchev–Trinajstić information content (AvgIpc) is 2.67. The Hall–Kier alpha value is -2.93. The van der Waals surface area contributed by atoms with Crippen LogP contribution in [-0.4, -0.2) is 19.1 Å². The van der Waals surface area contributed by atoms with Crippen molar-refractivity contribution in [1.82, 2.24) is 0 Å². The maximum absolute atomic E-state index is 12.5. The van der Waals surface area contributed by atoms with Gasteiger partial charge in [-0.15, -0.1) is 6.42 Å². The minimum Gasteiger partial charge on any atom is -0.490 e. The number of carbonyl (C=O) groups excluding carboxylic acids is 1. The first-order valence-corrected chi connectivity index (χ1v) is 9.37. The number of terminal acetylenes is 1. The summed E-state index contributed by atoms with van der Waals surface area (Å²) in [5.74, 6) is 2.72. The molecule has 0 heterocycles. The highest BCUT2D eigenvalue weighted by Crippen LogP contribution is 2.37. The molecule has 1 amide bonds. The molecule has 2 aromatic rings. The summed E-state index contributed by atoms with van der Waals surface area (Å²) >= 11 is 9.45. The summed E-state index contributed by atoms with van der Waals surface area (Å²) in [6, 6.07) is 12.0. The Labute approximate surface area is 177 Å². The van der Waals surface area contributed by atoms with Crippen LogP contribution in [0.4, 0.5) is 5.69 Å².